The Hall–Kier alpha value is -2.43. The molecule has 1 aliphatic heterocycles. The summed E-state index contributed by atoms with van der Waals surface area (Å²) in [5, 5.41) is 0. The summed E-state index contributed by atoms with van der Waals surface area (Å²) in [7, 11) is 0. The van der Waals surface area contributed by atoms with E-state index in [1.165, 1.54) is 4.90 Å². The first-order valence-electron chi connectivity index (χ1n) is 7.33. The molecule has 1 fully saturated rings. The molecule has 0 unspecified atom stereocenters. The molecule has 1 saturated heterocycles. The molecule has 1 aromatic heterocycles. The zero-order valence-corrected chi connectivity index (χ0v) is 13.6. The maximum atomic E-state index is 12.7. The van der Waals surface area contributed by atoms with E-state index in [0.717, 1.165) is 23.0 Å². The summed E-state index contributed by atoms with van der Waals surface area (Å²) in [6.45, 7) is 6.08. The number of nitrogens with zero attached hydrogens (tertiary/aromatic N) is 2. The standard InChI is InChI=1S/C16H19F3N3O2/c1-15(2,3)24-14(23)21-9-11(10-21)4-5-13-8-12(16(17,18)19)6-7-22(13)20/h6-8,11H,9-10,20H2,1-3H3/q+1. The van der Waals surface area contributed by atoms with Crippen LogP contribution in [0.3, 0.4) is 0 Å². The van der Waals surface area contributed by atoms with Crippen molar-refractivity contribution in [1.29, 1.82) is 0 Å². The molecular weight excluding hydrogens is 323 g/mol. The molecule has 0 saturated carbocycles. The molecule has 1 aromatic rings. The molecule has 0 aliphatic carbocycles. The Morgan fingerprint density at radius 2 is 2.00 bits per heavy atom. The third-order valence-electron chi connectivity index (χ3n) is 3.25. The molecule has 1 aliphatic rings. The Balaban J connectivity index is 1.99. The van der Waals surface area contributed by atoms with Crippen LogP contribution in [-0.2, 0) is 10.9 Å². The lowest BCUT2D eigenvalue weighted by Crippen LogP contribution is -2.51. The van der Waals surface area contributed by atoms with Crippen LogP contribution in [-0.4, -0.2) is 29.7 Å². The predicted octanol–water partition coefficient (Wildman–Crippen LogP) is 1.93. The lowest BCUT2D eigenvalue weighted by Gasteiger charge is -2.37. The highest BCUT2D eigenvalue weighted by molar-refractivity contribution is 5.69. The smallest absolute Gasteiger partial charge is 0.416 e. The molecule has 2 rings (SSSR count). The summed E-state index contributed by atoms with van der Waals surface area (Å²) in [5.74, 6) is 10.9. The van der Waals surface area contributed by atoms with Gasteiger partial charge in [-0.3, -0.25) is 0 Å². The molecule has 8 heteroatoms. The van der Waals surface area contributed by atoms with Gasteiger partial charge in [0.2, 0.25) is 6.20 Å². The zero-order valence-electron chi connectivity index (χ0n) is 13.6. The van der Waals surface area contributed by atoms with Gasteiger partial charge in [-0.05, 0) is 20.8 Å². The van der Waals surface area contributed by atoms with E-state index < -0.39 is 23.4 Å². The number of pyridine rings is 1. The minimum Gasteiger partial charge on any atom is -0.444 e. The lowest BCUT2D eigenvalue weighted by molar-refractivity contribution is -0.641. The van der Waals surface area contributed by atoms with Crippen molar-refractivity contribution in [2.24, 2.45) is 5.92 Å². The van der Waals surface area contributed by atoms with E-state index in [4.69, 9.17) is 10.6 Å². The van der Waals surface area contributed by atoms with E-state index >= 15 is 0 Å². The average molecular weight is 342 g/mol. The van der Waals surface area contributed by atoms with Crippen molar-refractivity contribution in [2.45, 2.75) is 32.5 Å². The summed E-state index contributed by atoms with van der Waals surface area (Å²) >= 11 is 0. The highest BCUT2D eigenvalue weighted by atomic mass is 19.4. The molecule has 0 aromatic carbocycles. The van der Waals surface area contributed by atoms with Crippen LogP contribution in [0.2, 0.25) is 0 Å². The van der Waals surface area contributed by atoms with Gasteiger partial charge in [0.25, 0.3) is 5.69 Å². The van der Waals surface area contributed by atoms with E-state index in [2.05, 4.69) is 11.8 Å². The van der Waals surface area contributed by atoms with Crippen molar-refractivity contribution in [3.8, 4) is 11.8 Å². The molecule has 2 N–H and O–H groups in total. The third-order valence-corrected chi connectivity index (χ3v) is 3.25. The summed E-state index contributed by atoms with van der Waals surface area (Å²) in [6.07, 6.45) is -3.76. The van der Waals surface area contributed by atoms with E-state index in [1.807, 2.05) is 0 Å². The zero-order chi connectivity index (χ0) is 18.1. The highest BCUT2D eigenvalue weighted by Crippen LogP contribution is 2.28. The minimum atomic E-state index is -4.45. The molecule has 24 heavy (non-hydrogen) atoms. The Bertz CT molecular complexity index is 693. The number of likely N-dealkylation sites (tertiary alicyclic amines) is 1. The number of aromatic nitrogens is 1. The van der Waals surface area contributed by atoms with Crippen LogP contribution in [0.1, 0.15) is 32.0 Å². The number of rotatable bonds is 0. The van der Waals surface area contributed by atoms with Crippen LogP contribution >= 0.6 is 0 Å². The number of alkyl halides is 3. The van der Waals surface area contributed by atoms with Crippen LogP contribution in [0.4, 0.5) is 18.0 Å². The number of amides is 1. The second-order valence-corrected chi connectivity index (χ2v) is 6.56. The van der Waals surface area contributed by atoms with E-state index in [-0.39, 0.29) is 11.6 Å². The second-order valence-electron chi connectivity index (χ2n) is 6.56. The molecule has 5 nitrogen and oxygen atoms in total. The maximum Gasteiger partial charge on any atom is 0.416 e. The van der Waals surface area contributed by atoms with E-state index in [9.17, 15) is 18.0 Å². The molecule has 0 spiro atoms. The maximum absolute atomic E-state index is 12.7. The molecule has 0 bridgehead atoms. The van der Waals surface area contributed by atoms with Crippen molar-refractivity contribution < 1.29 is 27.4 Å². The van der Waals surface area contributed by atoms with Crippen molar-refractivity contribution in [3.05, 3.63) is 29.6 Å². The van der Waals surface area contributed by atoms with Crippen LogP contribution in [0.5, 0.6) is 0 Å². The Morgan fingerprint density at radius 1 is 1.38 bits per heavy atom. The van der Waals surface area contributed by atoms with Gasteiger partial charge in [0.05, 0.1) is 11.5 Å². The van der Waals surface area contributed by atoms with E-state index in [1.54, 1.807) is 20.8 Å². The van der Waals surface area contributed by atoms with Gasteiger partial charge in [0.15, 0.2) is 0 Å². The van der Waals surface area contributed by atoms with Gasteiger partial charge in [-0.2, -0.15) is 13.2 Å². The minimum absolute atomic E-state index is 0.0561. The number of ether oxygens (including phenoxy) is 1. The fraction of sp³-hybridized carbons (Fsp3) is 0.500. The van der Waals surface area contributed by atoms with Gasteiger partial charge >= 0.3 is 12.3 Å². The lowest BCUT2D eigenvalue weighted by atomic mass is 10.0. The Kier molecular flexibility index (Phi) is 4.65. The molecule has 2 heterocycles. The van der Waals surface area contributed by atoms with Crippen molar-refractivity contribution in [1.82, 2.24) is 4.90 Å². The fourth-order valence-electron chi connectivity index (χ4n) is 2.01. The van der Waals surface area contributed by atoms with Gasteiger partial charge in [0.1, 0.15) is 5.60 Å². The predicted molar refractivity (Wildman–Crippen MR) is 80.0 cm³/mol. The quantitative estimate of drug-likeness (QED) is 0.445. The second kappa shape index (κ2) is 6.23. The number of hydrogen-bond donors (Lipinski definition) is 1. The van der Waals surface area contributed by atoms with Gasteiger partial charge < -0.3 is 9.64 Å². The number of hydrogen-bond acceptors (Lipinski definition) is 3. The first-order chi connectivity index (χ1) is 11.0. The first-order valence-corrected chi connectivity index (χ1v) is 7.33. The summed E-state index contributed by atoms with van der Waals surface area (Å²) in [6, 6.07) is 1.79. The summed E-state index contributed by atoms with van der Waals surface area (Å²) in [5.41, 5.74) is -1.32. The molecule has 1 amide bonds. The number of nitrogen functional groups attached to an aromatic ring is 1. The van der Waals surface area contributed by atoms with Crippen molar-refractivity contribution in [2.75, 3.05) is 18.9 Å². The van der Waals surface area contributed by atoms with Crippen LogP contribution < -0.4 is 10.5 Å². The summed E-state index contributed by atoms with van der Waals surface area (Å²) in [4.78, 5) is 13.3. The van der Waals surface area contributed by atoms with Gasteiger partial charge in [-0.15, -0.1) is 0 Å². The number of nitrogens with two attached hydrogens (primary N) is 1. The molecule has 130 valence electrons. The Morgan fingerprint density at radius 3 is 2.54 bits per heavy atom. The van der Waals surface area contributed by atoms with E-state index in [0.29, 0.717) is 13.1 Å². The molecule has 0 atom stereocenters. The first kappa shape index (κ1) is 17.9. The number of carbonyl (C=O) groups excluding carboxylic acids is 1. The Labute approximate surface area is 138 Å². The normalized spacial score (nSPS) is 15.3. The van der Waals surface area contributed by atoms with Gasteiger partial charge in [-0.25, -0.2) is 10.6 Å². The third kappa shape index (κ3) is 4.54. The highest BCUT2D eigenvalue weighted by Gasteiger charge is 2.34. The van der Waals surface area contributed by atoms with Crippen LogP contribution in [0.25, 0.3) is 0 Å². The summed E-state index contributed by atoms with van der Waals surface area (Å²) < 4.78 is 44.3. The topological polar surface area (TPSA) is 59.4 Å². The molecule has 0 radical (unpaired) electrons. The van der Waals surface area contributed by atoms with Crippen LogP contribution in [0.15, 0.2) is 18.3 Å². The number of halogens is 3. The van der Waals surface area contributed by atoms with Crippen molar-refractivity contribution >= 4 is 6.09 Å². The van der Waals surface area contributed by atoms with Crippen molar-refractivity contribution in [3.63, 3.8) is 0 Å². The largest absolute Gasteiger partial charge is 0.444 e. The SMILES string of the molecule is CC(C)(C)OC(=O)N1CC(C#Cc2cc(C(F)(F)F)cc[n+]2N)C1. The van der Waals surface area contributed by atoms with Crippen LogP contribution in [0, 0.1) is 17.8 Å². The fourth-order valence-corrected chi connectivity index (χ4v) is 2.01. The van der Waals surface area contributed by atoms with Gasteiger partial charge in [-0.1, -0.05) is 10.6 Å². The number of carbonyl (C=O) groups is 1. The average Bonchev–Trinajstić information content (AvgIpc) is 2.35. The van der Waals surface area contributed by atoms with Gasteiger partial charge in [0, 0.05) is 31.1 Å². The molecular formula is C16H19F3N3O2+. The monoisotopic (exact) mass is 342 g/mol.